The molecule has 1 aromatic heterocycles. The lowest BCUT2D eigenvalue weighted by Gasteiger charge is -2.35. The molecule has 0 fully saturated rings. The maximum absolute atomic E-state index is 13.5. The van der Waals surface area contributed by atoms with E-state index >= 15 is 0 Å². The Bertz CT molecular complexity index is 1420. The van der Waals surface area contributed by atoms with E-state index in [1.54, 1.807) is 31.2 Å². The third-order valence-electron chi connectivity index (χ3n) is 5.12. The van der Waals surface area contributed by atoms with E-state index in [0.29, 0.717) is 17.5 Å². The molecule has 13 heteroatoms. The summed E-state index contributed by atoms with van der Waals surface area (Å²) in [5, 5.41) is -0.654. The van der Waals surface area contributed by atoms with Crippen LogP contribution in [0.1, 0.15) is 23.0 Å². The number of anilines is 2. The number of benzene rings is 2. The van der Waals surface area contributed by atoms with Crippen molar-refractivity contribution < 1.29 is 31.1 Å². The number of nitrogens with zero attached hydrogens (tertiary/aromatic N) is 2. The number of amides is 1. The van der Waals surface area contributed by atoms with Crippen LogP contribution >= 0.6 is 23.2 Å². The van der Waals surface area contributed by atoms with Crippen LogP contribution in [0.25, 0.3) is 0 Å². The Kier molecular flexibility index (Phi) is 6.60. The molecule has 0 saturated carbocycles. The number of rotatable bonds is 4. The first-order chi connectivity index (χ1) is 16.4. The highest BCUT2D eigenvalue weighted by Gasteiger charge is 2.36. The second-order valence-electron chi connectivity index (χ2n) is 7.60. The number of hydrogen-bond acceptors (Lipinski definition) is 5. The zero-order valence-corrected chi connectivity index (χ0v) is 20.1. The van der Waals surface area contributed by atoms with Gasteiger partial charge in [0.15, 0.2) is 5.69 Å². The molecule has 3 aromatic rings. The molecule has 4 rings (SSSR count). The van der Waals surface area contributed by atoms with Gasteiger partial charge < -0.3 is 4.74 Å². The Morgan fingerprint density at radius 2 is 1.89 bits per heavy atom. The summed E-state index contributed by atoms with van der Waals surface area (Å²) >= 11 is 11.6. The number of carbonyl (C=O) groups excluding carboxylic acids is 1. The molecule has 1 amide bonds. The molecule has 184 valence electrons. The minimum absolute atomic E-state index is 0.00163. The van der Waals surface area contributed by atoms with Crippen LogP contribution in [0.4, 0.5) is 24.5 Å². The highest BCUT2D eigenvalue weighted by molar-refractivity contribution is 7.92. The van der Waals surface area contributed by atoms with Gasteiger partial charge in [0.05, 0.1) is 37.9 Å². The van der Waals surface area contributed by atoms with Gasteiger partial charge in [-0.25, -0.2) is 13.4 Å². The molecule has 0 spiro atoms. The van der Waals surface area contributed by atoms with Crippen molar-refractivity contribution in [2.24, 2.45) is 0 Å². The Labute approximate surface area is 208 Å². The van der Waals surface area contributed by atoms with Gasteiger partial charge >= 0.3 is 6.18 Å². The van der Waals surface area contributed by atoms with Crippen molar-refractivity contribution in [2.45, 2.75) is 24.0 Å². The molecular formula is C22H16Cl2F3N3O4S. The Hall–Kier alpha value is -3.02. The third kappa shape index (κ3) is 5.02. The fourth-order valence-corrected chi connectivity index (χ4v) is 4.97. The van der Waals surface area contributed by atoms with E-state index in [9.17, 15) is 26.4 Å². The Morgan fingerprint density at radius 3 is 2.60 bits per heavy atom. The Morgan fingerprint density at radius 1 is 1.17 bits per heavy atom. The second kappa shape index (κ2) is 9.21. The highest BCUT2D eigenvalue weighted by atomic mass is 35.5. The summed E-state index contributed by atoms with van der Waals surface area (Å²) in [5.41, 5.74) is -1.47. The van der Waals surface area contributed by atoms with Crippen molar-refractivity contribution in [3.63, 3.8) is 0 Å². The summed E-state index contributed by atoms with van der Waals surface area (Å²) in [6.45, 7) is 1.92. The lowest BCUT2D eigenvalue weighted by molar-refractivity contribution is -0.137. The van der Waals surface area contributed by atoms with E-state index in [0.717, 1.165) is 24.4 Å². The number of nitrogens with one attached hydrogen (secondary N) is 1. The fourth-order valence-electron chi connectivity index (χ4n) is 3.50. The molecule has 0 aliphatic carbocycles. The van der Waals surface area contributed by atoms with Crippen LogP contribution in [0, 0.1) is 0 Å². The molecular weight excluding hydrogens is 530 g/mol. The van der Waals surface area contributed by atoms with E-state index in [1.165, 1.54) is 4.90 Å². The van der Waals surface area contributed by atoms with E-state index in [4.69, 9.17) is 27.9 Å². The quantitative estimate of drug-likeness (QED) is 0.458. The number of sulfonamides is 1. The second-order valence-corrected chi connectivity index (χ2v) is 10.1. The summed E-state index contributed by atoms with van der Waals surface area (Å²) in [6, 6.07) is 9.66. The number of para-hydroxylation sites is 2. The van der Waals surface area contributed by atoms with Crippen molar-refractivity contribution in [3.05, 3.63) is 76.0 Å². The summed E-state index contributed by atoms with van der Waals surface area (Å²) in [5.74, 6) is -0.203. The van der Waals surface area contributed by atoms with E-state index < -0.39 is 43.6 Å². The minimum Gasteiger partial charge on any atom is -0.489 e. The smallest absolute Gasteiger partial charge is 0.417 e. The number of alkyl halides is 3. The van der Waals surface area contributed by atoms with Crippen LogP contribution in [0.15, 0.2) is 59.6 Å². The third-order valence-corrected chi connectivity index (χ3v) is 7.02. The molecule has 7 nitrogen and oxygen atoms in total. The van der Waals surface area contributed by atoms with Crippen molar-refractivity contribution >= 4 is 50.5 Å². The van der Waals surface area contributed by atoms with Crippen LogP contribution in [-0.2, 0) is 16.2 Å². The van der Waals surface area contributed by atoms with Crippen LogP contribution in [0.3, 0.4) is 0 Å². The van der Waals surface area contributed by atoms with Gasteiger partial charge in [0.1, 0.15) is 12.4 Å². The molecule has 0 bridgehead atoms. The zero-order valence-electron chi connectivity index (χ0n) is 17.8. The van der Waals surface area contributed by atoms with Gasteiger partial charge in [-0.1, -0.05) is 35.3 Å². The number of halogens is 5. The molecule has 0 radical (unpaired) electrons. The van der Waals surface area contributed by atoms with Gasteiger partial charge in [-0.15, -0.1) is 0 Å². The number of aromatic nitrogens is 1. The van der Waals surface area contributed by atoms with Crippen molar-refractivity contribution in [1.29, 1.82) is 0 Å². The highest BCUT2D eigenvalue weighted by Crippen LogP contribution is 2.37. The standard InChI is InChI=1S/C22H16Cl2F3N3O4S/c1-12-11-34-19-5-3-2-4-18(19)30(12)21(31)20-17(8-13(23)10-28-20)29-35(32,33)14-6-7-16(24)15(9-14)22(25,26)27/h2-10,12,29H,11H2,1H3. The number of ether oxygens (including phenoxy) is 1. The molecule has 1 atom stereocenters. The predicted molar refractivity (Wildman–Crippen MR) is 125 cm³/mol. The van der Waals surface area contributed by atoms with E-state index in [2.05, 4.69) is 9.71 Å². The maximum atomic E-state index is 13.5. The predicted octanol–water partition coefficient (Wildman–Crippen LogP) is 5.64. The van der Waals surface area contributed by atoms with Crippen LogP contribution in [0.2, 0.25) is 10.0 Å². The lowest BCUT2D eigenvalue weighted by Crippen LogP contribution is -2.45. The van der Waals surface area contributed by atoms with Gasteiger partial charge in [-0.2, -0.15) is 13.2 Å². The van der Waals surface area contributed by atoms with E-state index in [1.807, 2.05) is 0 Å². The minimum atomic E-state index is -4.87. The number of pyridine rings is 1. The van der Waals surface area contributed by atoms with Crippen LogP contribution in [0.5, 0.6) is 5.75 Å². The first kappa shape index (κ1) is 25.1. The molecule has 1 unspecified atom stereocenters. The summed E-state index contributed by atoms with van der Waals surface area (Å²) in [6.07, 6.45) is -3.71. The van der Waals surface area contributed by atoms with Gasteiger partial charge in [0.25, 0.3) is 15.9 Å². The molecule has 2 heterocycles. The molecule has 2 aromatic carbocycles. The molecule has 35 heavy (non-hydrogen) atoms. The zero-order chi connectivity index (χ0) is 25.5. The largest absolute Gasteiger partial charge is 0.489 e. The SMILES string of the molecule is CC1COc2ccccc2N1C(=O)c1ncc(Cl)cc1NS(=O)(=O)c1ccc(Cl)c(C(F)(F)F)c1. The van der Waals surface area contributed by atoms with Crippen LogP contribution < -0.4 is 14.4 Å². The van der Waals surface area contributed by atoms with Crippen LogP contribution in [-0.4, -0.2) is 32.0 Å². The van der Waals surface area contributed by atoms with Gasteiger partial charge in [-0.3, -0.25) is 14.4 Å². The van der Waals surface area contributed by atoms with Crippen molar-refractivity contribution in [3.8, 4) is 5.75 Å². The summed E-state index contributed by atoms with van der Waals surface area (Å²) < 4.78 is 73.5. The molecule has 1 N–H and O–H groups in total. The molecule has 1 aliphatic heterocycles. The van der Waals surface area contributed by atoms with Crippen molar-refractivity contribution in [1.82, 2.24) is 4.98 Å². The topological polar surface area (TPSA) is 88.6 Å². The monoisotopic (exact) mass is 545 g/mol. The van der Waals surface area contributed by atoms with Gasteiger partial charge in [0, 0.05) is 6.20 Å². The Balaban J connectivity index is 1.75. The number of hydrogen-bond donors (Lipinski definition) is 1. The van der Waals surface area contributed by atoms with Gasteiger partial charge in [0.2, 0.25) is 0 Å². The average Bonchev–Trinajstić information content (AvgIpc) is 2.78. The summed E-state index contributed by atoms with van der Waals surface area (Å²) in [4.78, 5) is 18.2. The van der Waals surface area contributed by atoms with Gasteiger partial charge in [-0.05, 0) is 43.3 Å². The number of fused-ring (bicyclic) bond motifs is 1. The first-order valence-corrected chi connectivity index (χ1v) is 12.2. The van der Waals surface area contributed by atoms with Crippen molar-refractivity contribution in [2.75, 3.05) is 16.2 Å². The summed E-state index contributed by atoms with van der Waals surface area (Å²) in [7, 11) is -4.59. The maximum Gasteiger partial charge on any atom is 0.417 e. The first-order valence-electron chi connectivity index (χ1n) is 9.99. The number of carbonyl (C=O) groups is 1. The molecule has 1 aliphatic rings. The normalized spacial score (nSPS) is 15.8. The average molecular weight is 546 g/mol. The molecule has 0 saturated heterocycles. The lowest BCUT2D eigenvalue weighted by atomic mass is 10.1. The fraction of sp³-hybridized carbons (Fsp3) is 0.182. The van der Waals surface area contributed by atoms with E-state index in [-0.39, 0.29) is 23.0 Å².